The first-order valence-electron chi connectivity index (χ1n) is 5.96. The number of aryl methyl sites for hydroxylation is 1. The van der Waals surface area contributed by atoms with Crippen LogP contribution in [0.5, 0.6) is 0 Å². The van der Waals surface area contributed by atoms with Crippen molar-refractivity contribution in [2.45, 2.75) is 6.92 Å². The average Bonchev–Trinajstić information content (AvgIpc) is 2.79. The Labute approximate surface area is 125 Å². The van der Waals surface area contributed by atoms with Crippen molar-refractivity contribution < 1.29 is 0 Å². The Bertz CT molecular complexity index is 726. The van der Waals surface area contributed by atoms with Gasteiger partial charge in [0, 0.05) is 10.4 Å². The highest BCUT2D eigenvalue weighted by molar-refractivity contribution is 7.16. The molecule has 0 saturated carbocycles. The third-order valence-electron chi connectivity index (χ3n) is 2.50. The number of anilines is 1. The molecule has 0 aliphatic carbocycles. The van der Waals surface area contributed by atoms with E-state index in [9.17, 15) is 0 Å². The molecular formula is C13H13N7S. The van der Waals surface area contributed by atoms with Gasteiger partial charge in [0.1, 0.15) is 6.34 Å². The first kappa shape index (κ1) is 14.5. The van der Waals surface area contributed by atoms with Crippen LogP contribution in [-0.4, -0.2) is 17.3 Å². The van der Waals surface area contributed by atoms with Gasteiger partial charge in [-0.1, -0.05) is 12.1 Å². The lowest BCUT2D eigenvalue weighted by Crippen LogP contribution is -2.20. The number of nitrogens with one attached hydrogen (secondary N) is 3. The first-order valence-corrected chi connectivity index (χ1v) is 6.78. The summed E-state index contributed by atoms with van der Waals surface area (Å²) in [7, 11) is 0. The summed E-state index contributed by atoms with van der Waals surface area (Å²) in [5, 5.41) is 21.2. The van der Waals surface area contributed by atoms with E-state index in [0.29, 0.717) is 10.8 Å². The van der Waals surface area contributed by atoms with E-state index in [4.69, 9.17) is 16.4 Å². The van der Waals surface area contributed by atoms with Crippen LogP contribution in [0.1, 0.15) is 4.88 Å². The van der Waals surface area contributed by atoms with Gasteiger partial charge < -0.3 is 11.1 Å². The van der Waals surface area contributed by atoms with Crippen molar-refractivity contribution in [2.24, 2.45) is 10.7 Å². The molecule has 0 saturated heterocycles. The summed E-state index contributed by atoms with van der Waals surface area (Å²) in [6.45, 7) is 1.95. The summed E-state index contributed by atoms with van der Waals surface area (Å²) >= 11 is 1.43. The molecule has 21 heavy (non-hydrogen) atoms. The number of thiazole rings is 1. The Balaban J connectivity index is 2.30. The highest BCUT2D eigenvalue weighted by Gasteiger charge is 2.10. The van der Waals surface area contributed by atoms with Gasteiger partial charge in [-0.25, -0.2) is 9.98 Å². The molecule has 1 aromatic carbocycles. The first-order chi connectivity index (χ1) is 10.1. The number of guanidine groups is 1. The molecule has 8 heteroatoms. The van der Waals surface area contributed by atoms with E-state index in [-0.39, 0.29) is 5.96 Å². The fourth-order valence-corrected chi connectivity index (χ4v) is 2.55. The molecule has 7 nitrogen and oxygen atoms in total. The second-order valence-electron chi connectivity index (χ2n) is 4.03. The van der Waals surface area contributed by atoms with Crippen molar-refractivity contribution in [1.82, 2.24) is 10.3 Å². The Morgan fingerprint density at radius 1 is 1.57 bits per heavy atom. The van der Waals surface area contributed by atoms with E-state index in [0.717, 1.165) is 16.1 Å². The quantitative estimate of drug-likeness (QED) is 0.298. The lowest BCUT2D eigenvalue weighted by atomic mass is 10.1. The topological polar surface area (TPSA) is 123 Å². The van der Waals surface area contributed by atoms with Gasteiger partial charge in [-0.05, 0) is 19.1 Å². The highest BCUT2D eigenvalue weighted by atomic mass is 32.1. The summed E-state index contributed by atoms with van der Waals surface area (Å²) in [5.74, 6) is -0.142. The molecule has 2 aromatic rings. The van der Waals surface area contributed by atoms with Crippen LogP contribution >= 0.6 is 11.3 Å². The normalized spacial score (nSPS) is 10.3. The van der Waals surface area contributed by atoms with Crippen LogP contribution in [0.4, 0.5) is 10.8 Å². The SMILES string of the molecule is Cc1sc(NC(=N)N)nc1-c1cccc(/N=C/NC#N)c1. The smallest absolute Gasteiger partial charge is 0.192 e. The molecular weight excluding hydrogens is 286 g/mol. The van der Waals surface area contributed by atoms with Gasteiger partial charge in [0.05, 0.1) is 11.4 Å². The summed E-state index contributed by atoms with van der Waals surface area (Å²) in [4.78, 5) is 9.55. The zero-order chi connectivity index (χ0) is 15.2. The molecule has 0 atom stereocenters. The molecule has 2 rings (SSSR count). The summed E-state index contributed by atoms with van der Waals surface area (Å²) in [6.07, 6.45) is 3.09. The largest absolute Gasteiger partial charge is 0.370 e. The second-order valence-corrected chi connectivity index (χ2v) is 5.23. The van der Waals surface area contributed by atoms with Gasteiger partial charge >= 0.3 is 0 Å². The van der Waals surface area contributed by atoms with Gasteiger partial charge in [0.2, 0.25) is 0 Å². The Kier molecular flexibility index (Phi) is 4.48. The molecule has 0 aliphatic heterocycles. The standard InChI is InChI=1S/C13H13N7S/c1-8-11(19-13(21-8)20-12(15)16)9-3-2-4-10(5-9)18-7-17-6-14/h2-5,7H,1H3,(H,17,18)(H4,15,16,19,20). The number of aromatic nitrogens is 1. The third kappa shape index (κ3) is 3.77. The Hall–Kier alpha value is -2.92. The molecule has 0 unspecified atom stereocenters. The lowest BCUT2D eigenvalue weighted by Gasteiger charge is -2.00. The Morgan fingerprint density at radius 3 is 3.10 bits per heavy atom. The molecule has 0 bridgehead atoms. The molecule has 0 radical (unpaired) electrons. The summed E-state index contributed by atoms with van der Waals surface area (Å²) < 4.78 is 0. The maximum Gasteiger partial charge on any atom is 0.192 e. The fraction of sp³-hybridized carbons (Fsp3) is 0.0769. The van der Waals surface area contributed by atoms with Crippen LogP contribution in [0.3, 0.4) is 0 Å². The van der Waals surface area contributed by atoms with Gasteiger partial charge in [-0.15, -0.1) is 11.3 Å². The molecule has 1 aromatic heterocycles. The monoisotopic (exact) mass is 299 g/mol. The predicted octanol–water partition coefficient (Wildman–Crippen LogP) is 2.15. The van der Waals surface area contributed by atoms with Crippen molar-refractivity contribution in [3.05, 3.63) is 29.1 Å². The van der Waals surface area contributed by atoms with Crippen molar-refractivity contribution >= 4 is 34.5 Å². The molecule has 0 fully saturated rings. The van der Waals surface area contributed by atoms with Crippen molar-refractivity contribution in [2.75, 3.05) is 5.32 Å². The number of hydrogen-bond donors (Lipinski definition) is 4. The Morgan fingerprint density at radius 2 is 2.38 bits per heavy atom. The lowest BCUT2D eigenvalue weighted by molar-refractivity contribution is 1.29. The summed E-state index contributed by atoms with van der Waals surface area (Å²) in [5.41, 5.74) is 7.74. The number of hydrogen-bond acceptors (Lipinski definition) is 5. The molecule has 0 aliphatic rings. The number of aliphatic imine (C=N–C) groups is 1. The minimum absolute atomic E-state index is 0.142. The van der Waals surface area contributed by atoms with E-state index in [1.165, 1.54) is 17.7 Å². The molecule has 1 heterocycles. The minimum Gasteiger partial charge on any atom is -0.370 e. The highest BCUT2D eigenvalue weighted by Crippen LogP contribution is 2.31. The van der Waals surface area contributed by atoms with Gasteiger partial charge in [0.25, 0.3) is 0 Å². The maximum atomic E-state index is 8.39. The number of rotatable bonds is 4. The van der Waals surface area contributed by atoms with E-state index >= 15 is 0 Å². The number of nitrogens with two attached hydrogens (primary N) is 1. The van der Waals surface area contributed by atoms with Crippen LogP contribution in [-0.2, 0) is 0 Å². The zero-order valence-corrected chi connectivity index (χ0v) is 12.0. The molecule has 5 N–H and O–H groups in total. The second kappa shape index (κ2) is 6.49. The van der Waals surface area contributed by atoms with Crippen molar-refractivity contribution in [3.8, 4) is 17.5 Å². The van der Waals surface area contributed by atoms with Crippen LogP contribution in [0, 0.1) is 23.8 Å². The number of nitriles is 1. The van der Waals surface area contributed by atoms with Gasteiger partial charge in [-0.2, -0.15) is 5.26 Å². The minimum atomic E-state index is -0.142. The third-order valence-corrected chi connectivity index (χ3v) is 3.39. The zero-order valence-electron chi connectivity index (χ0n) is 11.2. The van der Waals surface area contributed by atoms with Gasteiger partial charge in [-0.3, -0.25) is 10.7 Å². The fourth-order valence-electron chi connectivity index (χ4n) is 1.70. The van der Waals surface area contributed by atoms with E-state index in [1.54, 1.807) is 6.19 Å². The molecule has 0 spiro atoms. The van der Waals surface area contributed by atoms with E-state index < -0.39 is 0 Å². The molecule has 106 valence electrons. The van der Waals surface area contributed by atoms with Gasteiger partial charge in [0.15, 0.2) is 17.3 Å². The average molecular weight is 299 g/mol. The maximum absolute atomic E-state index is 8.39. The predicted molar refractivity (Wildman–Crippen MR) is 84.7 cm³/mol. The van der Waals surface area contributed by atoms with Crippen LogP contribution < -0.4 is 16.4 Å². The van der Waals surface area contributed by atoms with Crippen LogP contribution in [0.2, 0.25) is 0 Å². The van der Waals surface area contributed by atoms with Crippen LogP contribution in [0.25, 0.3) is 11.3 Å². The van der Waals surface area contributed by atoms with Crippen molar-refractivity contribution in [1.29, 1.82) is 10.7 Å². The van der Waals surface area contributed by atoms with Crippen LogP contribution in [0.15, 0.2) is 29.3 Å². The summed E-state index contributed by atoms with van der Waals surface area (Å²) in [6, 6.07) is 7.49. The molecule has 0 amide bonds. The van der Waals surface area contributed by atoms with Crippen molar-refractivity contribution in [3.63, 3.8) is 0 Å². The van der Waals surface area contributed by atoms with E-state index in [2.05, 4.69) is 20.6 Å². The number of benzene rings is 1. The van der Waals surface area contributed by atoms with E-state index in [1.807, 2.05) is 31.2 Å². The number of nitrogens with zero attached hydrogens (tertiary/aromatic N) is 3.